The van der Waals surface area contributed by atoms with Gasteiger partial charge in [-0.25, -0.2) is 0 Å². The Morgan fingerprint density at radius 3 is 1.12 bits per heavy atom. The maximum atomic E-state index is 12.7. The first-order valence-corrected chi connectivity index (χ1v) is 22.7. The van der Waals surface area contributed by atoms with Gasteiger partial charge in [-0.1, -0.05) is 176 Å². The molecule has 6 heteroatoms. The van der Waals surface area contributed by atoms with E-state index in [1.807, 2.05) is 0 Å². The van der Waals surface area contributed by atoms with Gasteiger partial charge < -0.3 is 14.2 Å². The first-order valence-electron chi connectivity index (χ1n) is 22.7. The Morgan fingerprint density at radius 2 is 0.702 bits per heavy atom. The zero-order chi connectivity index (χ0) is 41.5. The number of hydrogen-bond donors (Lipinski definition) is 0. The molecule has 1 atom stereocenters. The highest BCUT2D eigenvalue weighted by molar-refractivity contribution is 5.71. The van der Waals surface area contributed by atoms with E-state index in [2.05, 4.69) is 118 Å². The van der Waals surface area contributed by atoms with Crippen molar-refractivity contribution in [2.75, 3.05) is 13.2 Å². The molecule has 0 aromatic carbocycles. The van der Waals surface area contributed by atoms with Gasteiger partial charge in [0.2, 0.25) is 0 Å². The van der Waals surface area contributed by atoms with Crippen molar-refractivity contribution in [2.24, 2.45) is 0 Å². The van der Waals surface area contributed by atoms with Crippen molar-refractivity contribution in [3.8, 4) is 0 Å². The molecule has 0 bridgehead atoms. The summed E-state index contributed by atoms with van der Waals surface area (Å²) in [6.07, 6.45) is 58.3. The summed E-state index contributed by atoms with van der Waals surface area (Å²) < 4.78 is 16.6. The summed E-state index contributed by atoms with van der Waals surface area (Å²) in [5.74, 6) is -1.01. The van der Waals surface area contributed by atoms with Crippen LogP contribution in [0.2, 0.25) is 0 Å². The van der Waals surface area contributed by atoms with Gasteiger partial charge in [-0.3, -0.25) is 14.4 Å². The predicted octanol–water partition coefficient (Wildman–Crippen LogP) is 14.6. The molecule has 0 rings (SSSR count). The highest BCUT2D eigenvalue weighted by Gasteiger charge is 2.19. The van der Waals surface area contributed by atoms with Gasteiger partial charge in [0.1, 0.15) is 13.2 Å². The lowest BCUT2D eigenvalue weighted by atomic mass is 10.1. The number of carbonyl (C=O) groups excluding carboxylic acids is 3. The molecule has 1 unspecified atom stereocenters. The summed E-state index contributed by atoms with van der Waals surface area (Å²) in [5.41, 5.74) is 0. The van der Waals surface area contributed by atoms with E-state index in [9.17, 15) is 14.4 Å². The fourth-order valence-corrected chi connectivity index (χ4v) is 5.72. The Kier molecular flexibility index (Phi) is 42.1. The molecule has 0 N–H and O–H groups in total. The zero-order valence-electron chi connectivity index (χ0n) is 36.6. The first kappa shape index (κ1) is 53.3. The number of ether oxygens (including phenoxy) is 3. The van der Waals surface area contributed by atoms with Crippen LogP contribution in [0.15, 0.2) is 97.2 Å². The van der Waals surface area contributed by atoms with E-state index in [1.165, 1.54) is 38.5 Å². The highest BCUT2D eigenvalue weighted by Crippen LogP contribution is 2.12. The topological polar surface area (TPSA) is 78.9 Å². The zero-order valence-corrected chi connectivity index (χ0v) is 36.6. The molecule has 0 saturated carbocycles. The molecular weight excluding hydrogens is 709 g/mol. The van der Waals surface area contributed by atoms with Crippen LogP contribution in [-0.4, -0.2) is 37.2 Å². The lowest BCUT2D eigenvalue weighted by molar-refractivity contribution is -0.167. The average molecular weight is 791 g/mol. The molecule has 0 aliphatic heterocycles. The largest absolute Gasteiger partial charge is 0.462 e. The molecule has 0 heterocycles. The minimum Gasteiger partial charge on any atom is -0.462 e. The SMILES string of the molecule is CC/C=C\C/C=C\C/C=C\C/C=C\C/C=C\CCCCCC(=O)OCC(COC(=O)CCCCCCCCCCC)OC(=O)CCC/C=C\C/C=C\C/C=C\CC. The molecule has 322 valence electrons. The summed E-state index contributed by atoms with van der Waals surface area (Å²) in [4.78, 5) is 37.6. The van der Waals surface area contributed by atoms with Crippen molar-refractivity contribution in [1.82, 2.24) is 0 Å². The molecule has 0 amide bonds. The van der Waals surface area contributed by atoms with E-state index in [1.54, 1.807) is 0 Å². The van der Waals surface area contributed by atoms with Crippen molar-refractivity contribution in [1.29, 1.82) is 0 Å². The molecule has 0 fully saturated rings. The molecule has 0 saturated heterocycles. The van der Waals surface area contributed by atoms with Crippen molar-refractivity contribution in [2.45, 2.75) is 194 Å². The number of hydrogen-bond acceptors (Lipinski definition) is 6. The fraction of sp³-hybridized carbons (Fsp3) is 0.627. The lowest BCUT2D eigenvalue weighted by Crippen LogP contribution is -2.30. The minimum absolute atomic E-state index is 0.109. The van der Waals surface area contributed by atoms with Crippen LogP contribution in [0.5, 0.6) is 0 Å². The number of carbonyl (C=O) groups is 3. The van der Waals surface area contributed by atoms with Gasteiger partial charge in [0.05, 0.1) is 0 Å². The smallest absolute Gasteiger partial charge is 0.306 e. The van der Waals surface area contributed by atoms with Gasteiger partial charge in [-0.2, -0.15) is 0 Å². The Morgan fingerprint density at radius 1 is 0.368 bits per heavy atom. The van der Waals surface area contributed by atoms with Crippen LogP contribution in [0.1, 0.15) is 188 Å². The van der Waals surface area contributed by atoms with E-state index < -0.39 is 6.10 Å². The van der Waals surface area contributed by atoms with E-state index in [0.29, 0.717) is 19.3 Å². The second-order valence-electron chi connectivity index (χ2n) is 14.5. The van der Waals surface area contributed by atoms with Gasteiger partial charge in [0, 0.05) is 19.3 Å². The third kappa shape index (κ3) is 43.3. The number of allylic oxidation sites excluding steroid dienone is 16. The standard InChI is InChI=1S/C51H82O6/c1-4-7-10-13-16-19-21-22-23-24-25-26-27-28-30-32-35-38-41-44-50(53)56-47-48(46-55-49(52)43-40-37-34-31-18-15-12-9-6-3)57-51(54)45-42-39-36-33-29-20-17-14-11-8-5-2/h7-8,10-11,16-17,19-20,22-23,25-26,28,30,33,36,48H,4-6,9,12-15,18,21,24,27,29,31-32,34-35,37-47H2,1-3H3/b10-7-,11-8-,19-16-,20-17-,23-22-,26-25-,30-28-,36-33-. The van der Waals surface area contributed by atoms with Crippen LogP contribution < -0.4 is 0 Å². The normalized spacial score (nSPS) is 13.0. The molecule has 0 aliphatic carbocycles. The van der Waals surface area contributed by atoms with Crippen LogP contribution in [0, 0.1) is 0 Å². The van der Waals surface area contributed by atoms with Crippen LogP contribution in [0.3, 0.4) is 0 Å². The Labute approximate surface area is 349 Å². The van der Waals surface area contributed by atoms with E-state index >= 15 is 0 Å². The van der Waals surface area contributed by atoms with Gasteiger partial charge in [0.25, 0.3) is 0 Å². The first-order chi connectivity index (χ1) is 28.0. The molecule has 0 aliphatic rings. The molecular formula is C51H82O6. The predicted molar refractivity (Wildman–Crippen MR) is 242 cm³/mol. The number of rotatable bonds is 39. The van der Waals surface area contributed by atoms with Crippen molar-refractivity contribution < 1.29 is 28.6 Å². The highest BCUT2D eigenvalue weighted by atomic mass is 16.6. The maximum absolute atomic E-state index is 12.7. The van der Waals surface area contributed by atoms with Crippen LogP contribution in [0.25, 0.3) is 0 Å². The molecule has 0 spiro atoms. The minimum atomic E-state index is -0.814. The van der Waals surface area contributed by atoms with Gasteiger partial charge in [0.15, 0.2) is 6.10 Å². The molecule has 57 heavy (non-hydrogen) atoms. The van der Waals surface area contributed by atoms with Gasteiger partial charge in [-0.05, 0) is 89.9 Å². The van der Waals surface area contributed by atoms with E-state index in [4.69, 9.17) is 14.2 Å². The summed E-state index contributed by atoms with van der Waals surface area (Å²) >= 11 is 0. The monoisotopic (exact) mass is 791 g/mol. The Hall–Kier alpha value is -3.67. The van der Waals surface area contributed by atoms with Crippen LogP contribution in [-0.2, 0) is 28.6 Å². The summed E-state index contributed by atoms with van der Waals surface area (Å²) in [6, 6.07) is 0. The second-order valence-corrected chi connectivity index (χ2v) is 14.5. The second kappa shape index (κ2) is 45.0. The lowest BCUT2D eigenvalue weighted by Gasteiger charge is -2.18. The van der Waals surface area contributed by atoms with Gasteiger partial charge >= 0.3 is 17.9 Å². The number of unbranched alkanes of at least 4 members (excludes halogenated alkanes) is 12. The third-order valence-corrected chi connectivity index (χ3v) is 9.08. The molecule has 0 radical (unpaired) electrons. The van der Waals surface area contributed by atoms with E-state index in [-0.39, 0.29) is 37.5 Å². The molecule has 0 aromatic rings. The Balaban J connectivity index is 4.45. The van der Waals surface area contributed by atoms with Crippen molar-refractivity contribution >= 4 is 17.9 Å². The maximum Gasteiger partial charge on any atom is 0.306 e. The van der Waals surface area contributed by atoms with Crippen molar-refractivity contribution in [3.05, 3.63) is 97.2 Å². The fourth-order valence-electron chi connectivity index (χ4n) is 5.72. The summed E-state index contributed by atoms with van der Waals surface area (Å²) in [7, 11) is 0. The molecule has 6 nitrogen and oxygen atoms in total. The summed E-state index contributed by atoms with van der Waals surface area (Å²) in [6.45, 7) is 6.28. The van der Waals surface area contributed by atoms with Crippen LogP contribution >= 0.6 is 0 Å². The summed E-state index contributed by atoms with van der Waals surface area (Å²) in [5, 5.41) is 0. The number of esters is 3. The van der Waals surface area contributed by atoms with Crippen LogP contribution in [0.4, 0.5) is 0 Å². The Bertz CT molecular complexity index is 1180. The quantitative estimate of drug-likeness (QED) is 0.0267. The third-order valence-electron chi connectivity index (χ3n) is 9.08. The molecule has 0 aromatic heterocycles. The average Bonchev–Trinajstić information content (AvgIpc) is 3.21. The van der Waals surface area contributed by atoms with Crippen molar-refractivity contribution in [3.63, 3.8) is 0 Å². The van der Waals surface area contributed by atoms with Gasteiger partial charge in [-0.15, -0.1) is 0 Å². The van der Waals surface area contributed by atoms with E-state index in [0.717, 1.165) is 103 Å².